The number of hydrogen-bond acceptors (Lipinski definition) is 5. The third-order valence-electron chi connectivity index (χ3n) is 3.48. The van der Waals surface area contributed by atoms with Gasteiger partial charge in [-0.15, -0.1) is 0 Å². The first kappa shape index (κ1) is 17.6. The number of sulfonamides is 1. The molecule has 0 fully saturated rings. The number of ether oxygens (including phenoxy) is 2. The molecule has 0 radical (unpaired) electrons. The van der Waals surface area contributed by atoms with Gasteiger partial charge in [-0.05, 0) is 24.3 Å². The summed E-state index contributed by atoms with van der Waals surface area (Å²) in [6.45, 7) is 0. The molecule has 0 aliphatic rings. The van der Waals surface area contributed by atoms with Crippen LogP contribution < -0.4 is 13.8 Å². The number of carbonyl (C=O) groups is 1. The van der Waals surface area contributed by atoms with Crippen molar-refractivity contribution in [2.24, 2.45) is 0 Å². The number of aromatic carboxylic acids is 1. The van der Waals surface area contributed by atoms with Crippen LogP contribution in [0.4, 0.5) is 5.69 Å². The molecule has 2 rings (SSSR count). The third-order valence-corrected chi connectivity index (χ3v) is 5.28. The number of nitrogens with zero attached hydrogens (tertiary/aromatic N) is 1. The molecule has 0 spiro atoms. The number of carboxylic acids is 1. The number of benzene rings is 2. The Balaban J connectivity index is 2.61. The van der Waals surface area contributed by atoms with Gasteiger partial charge in [0.25, 0.3) is 10.0 Å². The Hall–Kier alpha value is -2.74. The molecular weight excluding hydrogens is 334 g/mol. The summed E-state index contributed by atoms with van der Waals surface area (Å²) in [7, 11) is 0.000823. The molecular formula is C16H17NO6S. The van der Waals surface area contributed by atoms with Gasteiger partial charge in [0.15, 0.2) is 0 Å². The van der Waals surface area contributed by atoms with Crippen molar-refractivity contribution < 1.29 is 27.8 Å². The molecule has 8 heteroatoms. The van der Waals surface area contributed by atoms with Crippen molar-refractivity contribution in [1.82, 2.24) is 0 Å². The summed E-state index contributed by atoms with van der Waals surface area (Å²) in [6, 6.07) is 10.2. The van der Waals surface area contributed by atoms with Crippen LogP contribution in [0.3, 0.4) is 0 Å². The zero-order chi connectivity index (χ0) is 17.9. The molecule has 0 aliphatic heterocycles. The van der Waals surface area contributed by atoms with Gasteiger partial charge in [0.05, 0.1) is 25.5 Å². The first-order valence-corrected chi connectivity index (χ1v) is 8.30. The Morgan fingerprint density at radius 3 is 2.33 bits per heavy atom. The lowest BCUT2D eigenvalue weighted by Crippen LogP contribution is -2.28. The molecule has 0 aromatic heterocycles. The monoisotopic (exact) mass is 351 g/mol. The van der Waals surface area contributed by atoms with Gasteiger partial charge < -0.3 is 14.6 Å². The van der Waals surface area contributed by atoms with Crippen molar-refractivity contribution in [2.45, 2.75) is 4.90 Å². The van der Waals surface area contributed by atoms with Crippen LogP contribution in [0.15, 0.2) is 47.4 Å². The van der Waals surface area contributed by atoms with Crippen molar-refractivity contribution in [3.63, 3.8) is 0 Å². The second-order valence-corrected chi connectivity index (χ2v) is 6.75. The molecule has 0 heterocycles. The van der Waals surface area contributed by atoms with E-state index in [1.165, 1.54) is 51.6 Å². The Morgan fingerprint density at radius 1 is 1.08 bits per heavy atom. The van der Waals surface area contributed by atoms with E-state index in [1.54, 1.807) is 12.1 Å². The third kappa shape index (κ3) is 3.13. The van der Waals surface area contributed by atoms with E-state index in [4.69, 9.17) is 9.47 Å². The van der Waals surface area contributed by atoms with Gasteiger partial charge >= 0.3 is 5.97 Å². The molecule has 0 bridgehead atoms. The molecule has 2 aromatic carbocycles. The van der Waals surface area contributed by atoms with Crippen molar-refractivity contribution in [1.29, 1.82) is 0 Å². The Bertz CT molecular complexity index is 863. The fourth-order valence-corrected chi connectivity index (χ4v) is 3.58. The topological polar surface area (TPSA) is 93.1 Å². The molecule has 128 valence electrons. The van der Waals surface area contributed by atoms with E-state index in [2.05, 4.69) is 0 Å². The lowest BCUT2D eigenvalue weighted by Gasteiger charge is -2.22. The molecule has 0 aliphatic carbocycles. The van der Waals surface area contributed by atoms with Crippen molar-refractivity contribution in [3.05, 3.63) is 48.0 Å². The maximum absolute atomic E-state index is 13.0. The SMILES string of the molecule is COc1ccc(OC)c(S(=O)(=O)N(C)c2ccccc2C(=O)O)c1. The van der Waals surface area contributed by atoms with Crippen molar-refractivity contribution >= 4 is 21.7 Å². The molecule has 0 atom stereocenters. The first-order valence-electron chi connectivity index (χ1n) is 6.86. The van der Waals surface area contributed by atoms with Crippen LogP contribution in [0.2, 0.25) is 0 Å². The summed E-state index contributed by atoms with van der Waals surface area (Å²) in [6.07, 6.45) is 0. The second kappa shape index (κ2) is 6.79. The molecule has 24 heavy (non-hydrogen) atoms. The predicted molar refractivity (Wildman–Crippen MR) is 88.5 cm³/mol. The second-order valence-electron chi connectivity index (χ2n) is 4.81. The van der Waals surface area contributed by atoms with Crippen LogP contribution in [0.1, 0.15) is 10.4 Å². The fourth-order valence-electron chi connectivity index (χ4n) is 2.19. The number of para-hydroxylation sites is 1. The minimum Gasteiger partial charge on any atom is -0.497 e. The minimum atomic E-state index is -4.06. The Labute approximate surface area is 140 Å². The summed E-state index contributed by atoms with van der Waals surface area (Å²) >= 11 is 0. The van der Waals surface area contributed by atoms with E-state index in [1.807, 2.05) is 0 Å². The van der Waals surface area contributed by atoms with Gasteiger partial charge in [-0.3, -0.25) is 4.31 Å². The summed E-state index contributed by atoms with van der Waals surface area (Å²) in [5, 5.41) is 9.27. The van der Waals surface area contributed by atoms with Crippen molar-refractivity contribution in [3.8, 4) is 11.5 Å². The Morgan fingerprint density at radius 2 is 1.75 bits per heavy atom. The Kier molecular flexibility index (Phi) is 4.99. The van der Waals surface area contributed by atoms with Crippen LogP contribution in [-0.2, 0) is 10.0 Å². The quantitative estimate of drug-likeness (QED) is 0.858. The van der Waals surface area contributed by atoms with Crippen LogP contribution >= 0.6 is 0 Å². The highest BCUT2D eigenvalue weighted by molar-refractivity contribution is 7.93. The average Bonchev–Trinajstić information content (AvgIpc) is 2.60. The van der Waals surface area contributed by atoms with Crippen LogP contribution in [0.25, 0.3) is 0 Å². The standard InChI is InChI=1S/C16H17NO6S/c1-17(13-7-5-4-6-12(13)16(18)19)24(20,21)15-10-11(22-2)8-9-14(15)23-3/h4-10H,1-3H3,(H,18,19). The van der Waals surface area contributed by atoms with Crippen LogP contribution in [0, 0.1) is 0 Å². The van der Waals surface area contributed by atoms with E-state index >= 15 is 0 Å². The maximum atomic E-state index is 13.0. The lowest BCUT2D eigenvalue weighted by atomic mass is 10.2. The van der Waals surface area contributed by atoms with Crippen molar-refractivity contribution in [2.75, 3.05) is 25.6 Å². The van der Waals surface area contributed by atoms with Crippen LogP contribution in [0.5, 0.6) is 11.5 Å². The van der Waals surface area contributed by atoms with Gasteiger partial charge in [-0.1, -0.05) is 12.1 Å². The largest absolute Gasteiger partial charge is 0.497 e. The zero-order valence-corrected chi connectivity index (χ0v) is 14.2. The molecule has 1 N–H and O–H groups in total. The van der Waals surface area contributed by atoms with Crippen LogP contribution in [-0.4, -0.2) is 40.8 Å². The molecule has 0 amide bonds. The number of methoxy groups -OCH3 is 2. The van der Waals surface area contributed by atoms with Gasteiger partial charge in [0, 0.05) is 13.1 Å². The number of rotatable bonds is 6. The maximum Gasteiger partial charge on any atom is 0.337 e. The summed E-state index contributed by atoms with van der Waals surface area (Å²) in [5.41, 5.74) is -0.0692. The van der Waals surface area contributed by atoms with Gasteiger partial charge in [0.1, 0.15) is 16.4 Å². The molecule has 7 nitrogen and oxygen atoms in total. The minimum absolute atomic E-state index is 0.0508. The molecule has 2 aromatic rings. The predicted octanol–water partition coefficient (Wildman–Crippen LogP) is 2.23. The highest BCUT2D eigenvalue weighted by atomic mass is 32.2. The number of anilines is 1. The highest BCUT2D eigenvalue weighted by Gasteiger charge is 2.28. The van der Waals surface area contributed by atoms with E-state index in [9.17, 15) is 18.3 Å². The lowest BCUT2D eigenvalue weighted by molar-refractivity contribution is 0.0698. The van der Waals surface area contributed by atoms with Gasteiger partial charge in [-0.2, -0.15) is 0 Å². The van der Waals surface area contributed by atoms with Gasteiger partial charge in [0.2, 0.25) is 0 Å². The molecule has 0 unspecified atom stereocenters. The fraction of sp³-hybridized carbons (Fsp3) is 0.188. The number of carboxylic acid groups (broad SMARTS) is 1. The summed E-state index contributed by atoms with van der Waals surface area (Å²) < 4.78 is 37.0. The van der Waals surface area contributed by atoms with E-state index in [0.29, 0.717) is 5.75 Å². The average molecular weight is 351 g/mol. The normalized spacial score (nSPS) is 11.0. The van der Waals surface area contributed by atoms with E-state index in [0.717, 1.165) is 4.31 Å². The van der Waals surface area contributed by atoms with Gasteiger partial charge in [-0.25, -0.2) is 13.2 Å². The number of hydrogen-bond donors (Lipinski definition) is 1. The highest BCUT2D eigenvalue weighted by Crippen LogP contribution is 2.33. The molecule has 0 saturated heterocycles. The molecule has 0 saturated carbocycles. The summed E-state index contributed by atoms with van der Waals surface area (Å²) in [4.78, 5) is 11.2. The summed E-state index contributed by atoms with van der Waals surface area (Å²) in [5.74, 6) is -0.741. The zero-order valence-electron chi connectivity index (χ0n) is 13.4. The van der Waals surface area contributed by atoms with E-state index in [-0.39, 0.29) is 21.9 Å². The smallest absolute Gasteiger partial charge is 0.337 e. The van der Waals surface area contributed by atoms with E-state index < -0.39 is 16.0 Å². The first-order chi connectivity index (χ1) is 11.3.